The second kappa shape index (κ2) is 7.93. The summed E-state index contributed by atoms with van der Waals surface area (Å²) in [5.41, 5.74) is 1.57. The highest BCUT2D eigenvalue weighted by molar-refractivity contribution is 7.93. The van der Waals surface area contributed by atoms with E-state index in [1.807, 2.05) is 12.1 Å². The number of nitrogens with one attached hydrogen (secondary N) is 1. The van der Waals surface area contributed by atoms with Crippen LogP contribution in [0.4, 0.5) is 5.69 Å². The summed E-state index contributed by atoms with van der Waals surface area (Å²) in [5.74, 6) is 0. The Morgan fingerprint density at radius 3 is 2.20 bits per heavy atom. The molecular weight excluding hydrogens is 383 g/mol. The van der Waals surface area contributed by atoms with E-state index in [-0.39, 0.29) is 14.9 Å². The van der Waals surface area contributed by atoms with Crippen molar-refractivity contribution in [1.29, 1.82) is 0 Å². The first-order chi connectivity index (χ1) is 12.0. The van der Waals surface area contributed by atoms with Crippen LogP contribution in [-0.4, -0.2) is 39.6 Å². The van der Waals surface area contributed by atoms with Crippen molar-refractivity contribution in [2.75, 3.05) is 31.0 Å². The third-order valence-electron chi connectivity index (χ3n) is 3.90. The Bertz CT molecular complexity index is 815. The van der Waals surface area contributed by atoms with Gasteiger partial charge in [-0.15, -0.1) is 0 Å². The molecule has 2 aromatic rings. The van der Waals surface area contributed by atoms with Crippen LogP contribution in [0.1, 0.15) is 5.56 Å². The third-order valence-corrected chi connectivity index (χ3v) is 6.24. The van der Waals surface area contributed by atoms with Gasteiger partial charge < -0.3 is 4.74 Å². The van der Waals surface area contributed by atoms with Crippen molar-refractivity contribution in [1.82, 2.24) is 4.90 Å². The molecule has 0 aromatic heterocycles. The van der Waals surface area contributed by atoms with Crippen LogP contribution in [0.25, 0.3) is 0 Å². The van der Waals surface area contributed by atoms with E-state index in [4.69, 9.17) is 27.9 Å². The van der Waals surface area contributed by atoms with Gasteiger partial charge >= 0.3 is 0 Å². The molecule has 0 aliphatic carbocycles. The molecule has 0 saturated carbocycles. The standard InChI is InChI=1S/C17H18Cl2N2O3S/c18-15-2-1-3-16(19)17(15)25(22,23)20-14-6-4-13(5-7-14)12-21-8-10-24-11-9-21/h1-7,20H,8-12H2. The molecular formula is C17H18Cl2N2O3S. The summed E-state index contributed by atoms with van der Waals surface area (Å²) in [4.78, 5) is 2.18. The van der Waals surface area contributed by atoms with Gasteiger partial charge in [-0.25, -0.2) is 8.42 Å². The van der Waals surface area contributed by atoms with Crippen LogP contribution in [-0.2, 0) is 21.3 Å². The number of ether oxygens (including phenoxy) is 1. The van der Waals surface area contributed by atoms with E-state index in [9.17, 15) is 8.42 Å². The minimum Gasteiger partial charge on any atom is -0.379 e. The van der Waals surface area contributed by atoms with Crippen molar-refractivity contribution in [3.63, 3.8) is 0 Å². The Morgan fingerprint density at radius 2 is 1.60 bits per heavy atom. The molecule has 1 fully saturated rings. The zero-order valence-electron chi connectivity index (χ0n) is 13.4. The number of sulfonamides is 1. The quantitative estimate of drug-likeness (QED) is 0.832. The summed E-state index contributed by atoms with van der Waals surface area (Å²) in [5, 5.41) is 0.174. The van der Waals surface area contributed by atoms with Gasteiger partial charge in [0.05, 0.1) is 23.3 Å². The number of hydrogen-bond acceptors (Lipinski definition) is 4. The topological polar surface area (TPSA) is 58.6 Å². The number of anilines is 1. The molecule has 0 bridgehead atoms. The number of halogens is 2. The Kier molecular flexibility index (Phi) is 5.86. The highest BCUT2D eigenvalue weighted by Crippen LogP contribution is 2.30. The summed E-state index contributed by atoms with van der Waals surface area (Å²) in [6, 6.07) is 11.9. The predicted molar refractivity (Wildman–Crippen MR) is 99.8 cm³/mol. The van der Waals surface area contributed by atoms with Crippen LogP contribution < -0.4 is 4.72 Å². The van der Waals surface area contributed by atoms with Crippen LogP contribution in [0.5, 0.6) is 0 Å². The molecule has 1 N–H and O–H groups in total. The second-order valence-corrected chi connectivity index (χ2v) is 8.18. The van der Waals surface area contributed by atoms with Crippen LogP contribution in [0.3, 0.4) is 0 Å². The highest BCUT2D eigenvalue weighted by atomic mass is 35.5. The van der Waals surface area contributed by atoms with Gasteiger partial charge in [-0.3, -0.25) is 9.62 Å². The van der Waals surface area contributed by atoms with E-state index in [2.05, 4.69) is 9.62 Å². The van der Waals surface area contributed by atoms with Gasteiger partial charge in [0.2, 0.25) is 0 Å². The van der Waals surface area contributed by atoms with Gasteiger partial charge in [-0.1, -0.05) is 41.4 Å². The minimum absolute atomic E-state index is 0.0870. The molecule has 5 nitrogen and oxygen atoms in total. The normalized spacial score (nSPS) is 15.9. The van der Waals surface area contributed by atoms with Crippen LogP contribution >= 0.6 is 23.2 Å². The molecule has 1 heterocycles. The van der Waals surface area contributed by atoms with E-state index in [0.717, 1.165) is 38.4 Å². The predicted octanol–water partition coefficient (Wildman–Crippen LogP) is 3.63. The van der Waals surface area contributed by atoms with E-state index < -0.39 is 10.0 Å². The molecule has 1 saturated heterocycles. The SMILES string of the molecule is O=S(=O)(Nc1ccc(CN2CCOCC2)cc1)c1c(Cl)cccc1Cl. The molecule has 0 spiro atoms. The van der Waals surface area contributed by atoms with Crippen molar-refractivity contribution in [3.8, 4) is 0 Å². The molecule has 3 rings (SSSR count). The molecule has 0 amide bonds. The first kappa shape index (κ1) is 18.5. The zero-order valence-corrected chi connectivity index (χ0v) is 15.7. The summed E-state index contributed by atoms with van der Waals surface area (Å²) in [6.45, 7) is 4.11. The minimum atomic E-state index is -3.86. The number of benzene rings is 2. The van der Waals surface area contributed by atoms with Gasteiger partial charge in [-0.2, -0.15) is 0 Å². The number of morpholine rings is 1. The van der Waals surface area contributed by atoms with Crippen LogP contribution in [0, 0.1) is 0 Å². The van der Waals surface area contributed by atoms with E-state index >= 15 is 0 Å². The fraction of sp³-hybridized carbons (Fsp3) is 0.294. The van der Waals surface area contributed by atoms with Gasteiger partial charge in [0.25, 0.3) is 10.0 Å². The molecule has 0 unspecified atom stereocenters. The molecule has 1 aliphatic rings. The van der Waals surface area contributed by atoms with Gasteiger partial charge in [0.1, 0.15) is 4.90 Å². The van der Waals surface area contributed by atoms with Crippen molar-refractivity contribution < 1.29 is 13.2 Å². The fourth-order valence-corrected chi connectivity index (χ4v) is 4.85. The molecule has 25 heavy (non-hydrogen) atoms. The van der Waals surface area contributed by atoms with E-state index in [1.165, 1.54) is 12.1 Å². The first-order valence-corrected chi connectivity index (χ1v) is 10.1. The van der Waals surface area contributed by atoms with Crippen molar-refractivity contribution in [2.24, 2.45) is 0 Å². The molecule has 2 aromatic carbocycles. The van der Waals surface area contributed by atoms with Crippen LogP contribution in [0.15, 0.2) is 47.4 Å². The lowest BCUT2D eigenvalue weighted by Crippen LogP contribution is -2.35. The lowest BCUT2D eigenvalue weighted by Gasteiger charge is -2.26. The second-order valence-electron chi connectivity index (χ2n) is 5.74. The monoisotopic (exact) mass is 400 g/mol. The lowest BCUT2D eigenvalue weighted by molar-refractivity contribution is 0.0342. The van der Waals surface area contributed by atoms with Crippen molar-refractivity contribution in [3.05, 3.63) is 58.1 Å². The molecule has 0 radical (unpaired) electrons. The number of rotatable bonds is 5. The fourth-order valence-electron chi connectivity index (χ4n) is 2.64. The average molecular weight is 401 g/mol. The van der Waals surface area contributed by atoms with Crippen molar-refractivity contribution in [2.45, 2.75) is 11.4 Å². The third kappa shape index (κ3) is 4.65. The Hall–Kier alpha value is -1.31. The Morgan fingerprint density at radius 1 is 1.00 bits per heavy atom. The maximum Gasteiger partial charge on any atom is 0.264 e. The smallest absolute Gasteiger partial charge is 0.264 e. The summed E-state index contributed by atoms with van der Waals surface area (Å²) < 4.78 is 32.9. The zero-order chi connectivity index (χ0) is 17.9. The lowest BCUT2D eigenvalue weighted by atomic mass is 10.2. The molecule has 1 aliphatic heterocycles. The van der Waals surface area contributed by atoms with Crippen LogP contribution in [0.2, 0.25) is 10.0 Å². The summed E-state index contributed by atoms with van der Waals surface area (Å²) >= 11 is 12.0. The first-order valence-electron chi connectivity index (χ1n) is 7.81. The average Bonchev–Trinajstić information content (AvgIpc) is 2.57. The highest BCUT2D eigenvalue weighted by Gasteiger charge is 2.21. The number of hydrogen-bond donors (Lipinski definition) is 1. The van der Waals surface area contributed by atoms with Gasteiger partial charge in [0.15, 0.2) is 0 Å². The summed E-state index contributed by atoms with van der Waals surface area (Å²) in [6.07, 6.45) is 0. The summed E-state index contributed by atoms with van der Waals surface area (Å²) in [7, 11) is -3.86. The number of nitrogens with zero attached hydrogens (tertiary/aromatic N) is 1. The van der Waals surface area contributed by atoms with E-state index in [0.29, 0.717) is 5.69 Å². The maximum atomic E-state index is 12.5. The van der Waals surface area contributed by atoms with Gasteiger partial charge in [-0.05, 0) is 29.8 Å². The van der Waals surface area contributed by atoms with Crippen molar-refractivity contribution >= 4 is 38.9 Å². The van der Waals surface area contributed by atoms with Gasteiger partial charge in [0, 0.05) is 25.3 Å². The molecule has 8 heteroatoms. The van der Waals surface area contributed by atoms with E-state index in [1.54, 1.807) is 18.2 Å². The molecule has 134 valence electrons. The largest absolute Gasteiger partial charge is 0.379 e. The Balaban J connectivity index is 1.72. The maximum absolute atomic E-state index is 12.5. The molecule has 0 atom stereocenters. The Labute approximate surface area is 157 Å².